The molecule has 0 aliphatic heterocycles. The lowest BCUT2D eigenvalue weighted by Crippen LogP contribution is -2.18. The zero-order valence-corrected chi connectivity index (χ0v) is 13.9. The van der Waals surface area contributed by atoms with Crippen LogP contribution in [0.4, 0.5) is 0 Å². The number of benzene rings is 2. The van der Waals surface area contributed by atoms with Gasteiger partial charge in [0.05, 0.1) is 16.0 Å². The Hall–Kier alpha value is -2.30. The molecule has 0 saturated carbocycles. The molecule has 0 bridgehead atoms. The Kier molecular flexibility index (Phi) is 4.60. The van der Waals surface area contributed by atoms with E-state index in [0.29, 0.717) is 26.5 Å². The molecule has 1 heterocycles. The van der Waals surface area contributed by atoms with Gasteiger partial charge in [-0.25, -0.2) is 0 Å². The van der Waals surface area contributed by atoms with Gasteiger partial charge in [-0.2, -0.15) is 0 Å². The molecule has 4 nitrogen and oxygen atoms in total. The summed E-state index contributed by atoms with van der Waals surface area (Å²) >= 11 is 11.9. The van der Waals surface area contributed by atoms with Crippen LogP contribution < -0.4 is 5.56 Å². The van der Waals surface area contributed by atoms with Crippen LogP contribution in [0.1, 0.15) is 17.0 Å². The second kappa shape index (κ2) is 6.67. The highest BCUT2D eigenvalue weighted by Crippen LogP contribution is 2.29. The Bertz CT molecular complexity index is 981. The third kappa shape index (κ3) is 3.30. The number of carboxylic acid groups (broad SMARTS) is 1. The average molecular weight is 362 g/mol. The summed E-state index contributed by atoms with van der Waals surface area (Å²) in [6, 6.07) is 13.5. The molecule has 3 rings (SSSR count). The molecule has 2 aromatic carbocycles. The molecule has 6 heteroatoms. The lowest BCUT2D eigenvalue weighted by molar-refractivity contribution is -0.138. The Morgan fingerprint density at radius 3 is 2.54 bits per heavy atom. The van der Waals surface area contributed by atoms with Crippen LogP contribution >= 0.6 is 23.2 Å². The lowest BCUT2D eigenvalue weighted by atomic mass is 9.90. The fraction of sp³-hybridized carbons (Fsp3) is 0.111. The van der Waals surface area contributed by atoms with Gasteiger partial charge in [-0.05, 0) is 35.7 Å². The van der Waals surface area contributed by atoms with Crippen LogP contribution in [0, 0.1) is 0 Å². The van der Waals surface area contributed by atoms with Crippen molar-refractivity contribution >= 4 is 40.1 Å². The Morgan fingerprint density at radius 2 is 1.83 bits per heavy atom. The van der Waals surface area contributed by atoms with Gasteiger partial charge in [-0.3, -0.25) is 9.59 Å². The van der Waals surface area contributed by atoms with Crippen molar-refractivity contribution in [3.63, 3.8) is 0 Å². The summed E-state index contributed by atoms with van der Waals surface area (Å²) < 4.78 is 0. The summed E-state index contributed by atoms with van der Waals surface area (Å²) in [6.07, 6.45) is 0.208. The van der Waals surface area contributed by atoms with Gasteiger partial charge in [0.2, 0.25) is 5.56 Å². The van der Waals surface area contributed by atoms with Gasteiger partial charge in [0.25, 0.3) is 0 Å². The topological polar surface area (TPSA) is 70.2 Å². The lowest BCUT2D eigenvalue weighted by Gasteiger charge is -2.15. The van der Waals surface area contributed by atoms with Crippen molar-refractivity contribution in [2.45, 2.75) is 12.3 Å². The monoisotopic (exact) mass is 361 g/mol. The minimum Gasteiger partial charge on any atom is -0.481 e. The standard InChI is InChI=1S/C18H13Cl2NO3/c19-14-6-5-10(8-15(14)20)7-13(18(23)24)12-9-17(22)21-16-4-2-1-3-11(12)16/h1-6,8-9,13H,7H2,(H,21,22)(H,23,24). The van der Waals surface area contributed by atoms with Crippen LogP contribution in [0.25, 0.3) is 10.9 Å². The summed E-state index contributed by atoms with van der Waals surface area (Å²) in [7, 11) is 0. The maximum Gasteiger partial charge on any atom is 0.311 e. The minimum absolute atomic E-state index is 0.208. The first-order valence-corrected chi connectivity index (χ1v) is 8.00. The summed E-state index contributed by atoms with van der Waals surface area (Å²) in [5.74, 6) is -1.87. The number of aliphatic carboxylic acids is 1. The van der Waals surface area contributed by atoms with Gasteiger partial charge in [-0.15, -0.1) is 0 Å². The molecule has 0 radical (unpaired) electrons. The van der Waals surface area contributed by atoms with Crippen LogP contribution in [0.2, 0.25) is 10.0 Å². The molecule has 1 aromatic heterocycles. The molecule has 0 fully saturated rings. The molecular weight excluding hydrogens is 349 g/mol. The van der Waals surface area contributed by atoms with E-state index in [1.165, 1.54) is 6.07 Å². The molecule has 24 heavy (non-hydrogen) atoms. The van der Waals surface area contributed by atoms with Crippen LogP contribution in [0.3, 0.4) is 0 Å². The number of aromatic nitrogens is 1. The van der Waals surface area contributed by atoms with Crippen LogP contribution in [0.5, 0.6) is 0 Å². The summed E-state index contributed by atoms with van der Waals surface area (Å²) in [6.45, 7) is 0. The number of pyridine rings is 1. The van der Waals surface area contributed by atoms with Gasteiger partial charge in [-0.1, -0.05) is 47.5 Å². The van der Waals surface area contributed by atoms with E-state index in [2.05, 4.69) is 4.98 Å². The largest absolute Gasteiger partial charge is 0.481 e. The van der Waals surface area contributed by atoms with E-state index in [0.717, 1.165) is 5.56 Å². The number of hydrogen-bond donors (Lipinski definition) is 2. The third-order valence-corrected chi connectivity index (χ3v) is 4.62. The van der Waals surface area contributed by atoms with Crippen molar-refractivity contribution in [2.24, 2.45) is 0 Å². The molecule has 2 N–H and O–H groups in total. The second-order valence-corrected chi connectivity index (χ2v) is 6.29. The van der Waals surface area contributed by atoms with E-state index in [-0.39, 0.29) is 12.0 Å². The van der Waals surface area contributed by atoms with E-state index < -0.39 is 11.9 Å². The Labute approximate surface area is 147 Å². The Balaban J connectivity index is 2.10. The van der Waals surface area contributed by atoms with Gasteiger partial charge in [0, 0.05) is 17.0 Å². The number of carboxylic acids is 1. The first kappa shape index (κ1) is 16.6. The minimum atomic E-state index is -1.00. The predicted molar refractivity (Wildman–Crippen MR) is 95.1 cm³/mol. The predicted octanol–water partition coefficient (Wildman–Crippen LogP) is 4.25. The van der Waals surface area contributed by atoms with E-state index in [4.69, 9.17) is 23.2 Å². The summed E-state index contributed by atoms with van der Waals surface area (Å²) in [4.78, 5) is 26.5. The Morgan fingerprint density at radius 1 is 1.08 bits per heavy atom. The van der Waals surface area contributed by atoms with Crippen molar-refractivity contribution in [2.75, 3.05) is 0 Å². The smallest absolute Gasteiger partial charge is 0.311 e. The maximum absolute atomic E-state index is 11.9. The number of carbonyl (C=O) groups is 1. The number of nitrogens with one attached hydrogen (secondary N) is 1. The molecular formula is C18H13Cl2NO3. The zero-order valence-electron chi connectivity index (χ0n) is 12.4. The summed E-state index contributed by atoms with van der Waals surface area (Å²) in [5.41, 5.74) is 1.50. The number of aromatic amines is 1. The fourth-order valence-electron chi connectivity index (χ4n) is 2.75. The van der Waals surface area contributed by atoms with E-state index in [1.54, 1.807) is 36.4 Å². The van der Waals surface area contributed by atoms with Crippen molar-refractivity contribution in [3.8, 4) is 0 Å². The van der Waals surface area contributed by atoms with Crippen LogP contribution in [0.15, 0.2) is 53.3 Å². The summed E-state index contributed by atoms with van der Waals surface area (Å²) in [5, 5.41) is 11.2. The molecule has 0 aliphatic carbocycles. The van der Waals surface area contributed by atoms with E-state index >= 15 is 0 Å². The van der Waals surface area contributed by atoms with Crippen LogP contribution in [-0.2, 0) is 11.2 Å². The molecule has 0 saturated heterocycles. The SMILES string of the molecule is O=C(O)C(Cc1ccc(Cl)c(Cl)c1)c1cc(=O)[nH]c2ccccc12. The molecule has 0 aliphatic rings. The normalized spacial score (nSPS) is 12.2. The van der Waals surface area contributed by atoms with Gasteiger partial charge >= 0.3 is 5.97 Å². The second-order valence-electron chi connectivity index (χ2n) is 5.48. The van der Waals surface area contributed by atoms with Gasteiger partial charge < -0.3 is 10.1 Å². The van der Waals surface area contributed by atoms with E-state index in [1.807, 2.05) is 6.07 Å². The molecule has 122 valence electrons. The highest BCUT2D eigenvalue weighted by atomic mass is 35.5. The van der Waals surface area contributed by atoms with Crippen molar-refractivity contribution in [1.82, 2.24) is 4.98 Å². The molecule has 1 unspecified atom stereocenters. The number of hydrogen-bond acceptors (Lipinski definition) is 2. The number of H-pyrrole nitrogens is 1. The third-order valence-electron chi connectivity index (χ3n) is 3.88. The number of fused-ring (bicyclic) bond motifs is 1. The van der Waals surface area contributed by atoms with Crippen molar-refractivity contribution in [1.29, 1.82) is 0 Å². The first-order chi connectivity index (χ1) is 11.5. The van der Waals surface area contributed by atoms with Gasteiger partial charge in [0.15, 0.2) is 0 Å². The molecule has 3 aromatic rings. The average Bonchev–Trinajstić information content (AvgIpc) is 2.55. The molecule has 0 spiro atoms. The molecule has 0 amide bonds. The molecule has 1 atom stereocenters. The number of halogens is 2. The van der Waals surface area contributed by atoms with Crippen molar-refractivity contribution < 1.29 is 9.90 Å². The number of para-hydroxylation sites is 1. The first-order valence-electron chi connectivity index (χ1n) is 7.24. The van der Waals surface area contributed by atoms with E-state index in [9.17, 15) is 14.7 Å². The van der Waals surface area contributed by atoms with Crippen molar-refractivity contribution in [3.05, 3.63) is 80.1 Å². The van der Waals surface area contributed by atoms with Gasteiger partial charge in [0.1, 0.15) is 0 Å². The zero-order chi connectivity index (χ0) is 17.3. The highest BCUT2D eigenvalue weighted by Gasteiger charge is 2.23. The highest BCUT2D eigenvalue weighted by molar-refractivity contribution is 6.42. The maximum atomic E-state index is 11.9. The van der Waals surface area contributed by atoms with Crippen LogP contribution in [-0.4, -0.2) is 16.1 Å². The fourth-order valence-corrected chi connectivity index (χ4v) is 3.07. The number of rotatable bonds is 4. The quantitative estimate of drug-likeness (QED) is 0.729.